The molecule has 4 aromatic rings. The highest BCUT2D eigenvalue weighted by Gasteiger charge is 2.57. The number of imide groups is 1. The summed E-state index contributed by atoms with van der Waals surface area (Å²) in [5, 5.41) is 13.5. The topological polar surface area (TPSA) is 158 Å². The molecule has 3 amide bonds. The van der Waals surface area contributed by atoms with Crippen molar-refractivity contribution in [3.05, 3.63) is 114 Å². The highest BCUT2D eigenvalue weighted by atomic mass is 32.2. The van der Waals surface area contributed by atoms with Gasteiger partial charge in [-0.2, -0.15) is 0 Å². The number of anilines is 2. The molecule has 12 nitrogen and oxygen atoms in total. The van der Waals surface area contributed by atoms with Crippen LogP contribution in [0.25, 0.3) is 0 Å². The molecule has 252 valence electrons. The summed E-state index contributed by atoms with van der Waals surface area (Å²) in [7, 11) is 0. The molecule has 3 unspecified atom stereocenters. The van der Waals surface area contributed by atoms with Crippen LogP contribution in [0, 0.1) is 16.0 Å². The zero-order valence-electron chi connectivity index (χ0n) is 27.0. The number of nitrogens with zero attached hydrogens (tertiary/aromatic N) is 3. The number of hydrogen-bond donors (Lipinski definition) is 1. The lowest BCUT2D eigenvalue weighted by atomic mass is 9.81. The summed E-state index contributed by atoms with van der Waals surface area (Å²) in [6.07, 6.45) is 0. The number of thioether (sulfide) groups is 1. The van der Waals surface area contributed by atoms with Crippen LogP contribution in [0.2, 0.25) is 0 Å². The van der Waals surface area contributed by atoms with Crippen molar-refractivity contribution in [3.63, 3.8) is 0 Å². The number of carbonyl (C=O) groups excluding carboxylic acids is 4. The predicted octanol–water partition coefficient (Wildman–Crippen LogP) is 5.73. The molecule has 1 aromatic heterocycles. The molecule has 1 fully saturated rings. The van der Waals surface area contributed by atoms with Crippen molar-refractivity contribution < 1.29 is 28.8 Å². The summed E-state index contributed by atoms with van der Waals surface area (Å²) in [4.78, 5) is 78.8. The van der Waals surface area contributed by atoms with Crippen LogP contribution in [0.4, 0.5) is 17.1 Å². The Morgan fingerprint density at radius 2 is 1.59 bits per heavy atom. The minimum Gasteiger partial charge on any atom is -0.462 e. The largest absolute Gasteiger partial charge is 0.462 e. The van der Waals surface area contributed by atoms with Gasteiger partial charge in [-0.25, -0.2) is 9.69 Å². The van der Waals surface area contributed by atoms with Crippen molar-refractivity contribution in [1.82, 2.24) is 4.57 Å². The number of nitro groups is 1. The van der Waals surface area contributed by atoms with Gasteiger partial charge in [0, 0.05) is 28.6 Å². The third-order valence-corrected chi connectivity index (χ3v) is 11.1. The Labute approximate surface area is 289 Å². The number of rotatable bonds is 8. The van der Waals surface area contributed by atoms with Crippen LogP contribution in [-0.2, 0) is 31.1 Å². The van der Waals surface area contributed by atoms with Gasteiger partial charge in [-0.15, -0.1) is 0 Å². The van der Waals surface area contributed by atoms with Gasteiger partial charge in [0.1, 0.15) is 11.8 Å². The Morgan fingerprint density at radius 1 is 0.939 bits per heavy atom. The lowest BCUT2D eigenvalue weighted by Crippen LogP contribution is -2.33. The highest BCUT2D eigenvalue weighted by molar-refractivity contribution is 8.00. The first-order valence-corrected chi connectivity index (χ1v) is 17.2. The number of aromatic nitrogens is 1. The molecule has 1 N–H and O–H groups in total. The maximum Gasteiger partial charge on any atom is 0.338 e. The van der Waals surface area contributed by atoms with Gasteiger partial charge in [-0.1, -0.05) is 68.1 Å². The van der Waals surface area contributed by atoms with E-state index in [1.54, 1.807) is 19.1 Å². The van der Waals surface area contributed by atoms with E-state index in [4.69, 9.17) is 4.74 Å². The van der Waals surface area contributed by atoms with Crippen LogP contribution >= 0.6 is 23.1 Å². The smallest absolute Gasteiger partial charge is 0.338 e. The molecule has 0 spiro atoms. The van der Waals surface area contributed by atoms with E-state index in [-0.39, 0.29) is 29.9 Å². The summed E-state index contributed by atoms with van der Waals surface area (Å²) in [6, 6.07) is 19.2. The SMILES string of the molecule is CCOC(=O)c1ccc(NC(=O)Cn2c3c(sc2=O)C(c2ccc(C(C)(C)C)cc2)C2C(=O)N(c4ccc([N+](=O)[O-])cc4)C(=O)C2S3)cc1. The van der Waals surface area contributed by atoms with Crippen LogP contribution in [-0.4, -0.2) is 45.0 Å². The number of thiazole rings is 1. The molecule has 0 saturated carbocycles. The first-order valence-electron chi connectivity index (χ1n) is 15.5. The van der Waals surface area contributed by atoms with Gasteiger partial charge in [-0.3, -0.25) is 33.9 Å². The molecule has 3 aromatic carbocycles. The number of amides is 3. The second-order valence-corrected chi connectivity index (χ2v) is 14.8. The van der Waals surface area contributed by atoms with E-state index in [1.165, 1.54) is 41.0 Å². The van der Waals surface area contributed by atoms with E-state index in [1.807, 2.05) is 24.3 Å². The lowest BCUT2D eigenvalue weighted by molar-refractivity contribution is -0.384. The average Bonchev–Trinajstić information content (AvgIpc) is 3.51. The van der Waals surface area contributed by atoms with Crippen LogP contribution in [0.5, 0.6) is 0 Å². The molecule has 49 heavy (non-hydrogen) atoms. The van der Waals surface area contributed by atoms with Gasteiger partial charge >= 0.3 is 10.8 Å². The third-order valence-electron chi connectivity index (χ3n) is 8.49. The Hall–Kier alpha value is -5.08. The molecule has 1 saturated heterocycles. The lowest BCUT2D eigenvalue weighted by Gasteiger charge is -2.31. The Kier molecular flexibility index (Phi) is 9.03. The van der Waals surface area contributed by atoms with Crippen molar-refractivity contribution >= 4 is 63.9 Å². The zero-order valence-corrected chi connectivity index (χ0v) is 28.6. The van der Waals surface area contributed by atoms with Crippen LogP contribution in [0.15, 0.2) is 82.6 Å². The fourth-order valence-corrected chi connectivity index (χ4v) is 8.80. The fourth-order valence-electron chi connectivity index (χ4n) is 6.03. The van der Waals surface area contributed by atoms with Crippen molar-refractivity contribution in [3.8, 4) is 0 Å². The maximum atomic E-state index is 14.1. The van der Waals surface area contributed by atoms with Crippen molar-refractivity contribution in [2.24, 2.45) is 5.92 Å². The van der Waals surface area contributed by atoms with Crippen LogP contribution in [0.3, 0.4) is 0 Å². The number of benzene rings is 3. The van der Waals surface area contributed by atoms with E-state index in [9.17, 15) is 34.1 Å². The number of hydrogen-bond acceptors (Lipinski definition) is 10. The average molecular weight is 701 g/mol. The summed E-state index contributed by atoms with van der Waals surface area (Å²) >= 11 is 2.02. The first-order chi connectivity index (χ1) is 23.3. The standard InChI is InChI=1S/C35H32N4O8S2/c1-5-47-33(43)20-8-12-22(13-9-20)36-25(40)18-37-32-29(49-34(37)44)26(19-6-10-21(11-7-19)35(2,3)4)27-28(48-32)31(42)38(30(27)41)23-14-16-24(17-15-23)39(45)46/h6-17,26-28H,5,18H2,1-4H3,(H,36,40). The van der Waals surface area contributed by atoms with Crippen molar-refractivity contribution in [2.45, 2.75) is 55.8 Å². The second-order valence-electron chi connectivity index (χ2n) is 12.7. The number of non-ortho nitro benzene ring substituents is 1. The number of carbonyl (C=O) groups is 4. The summed E-state index contributed by atoms with van der Waals surface area (Å²) in [5.74, 6) is -3.48. The maximum absolute atomic E-state index is 14.1. The van der Waals surface area contributed by atoms with E-state index in [2.05, 4.69) is 26.1 Å². The molecule has 6 rings (SSSR count). The molecular formula is C35H32N4O8S2. The van der Waals surface area contributed by atoms with Gasteiger partial charge in [0.2, 0.25) is 17.7 Å². The second kappa shape index (κ2) is 13.1. The zero-order chi connectivity index (χ0) is 35.2. The van der Waals surface area contributed by atoms with Crippen molar-refractivity contribution in [2.75, 3.05) is 16.8 Å². The van der Waals surface area contributed by atoms with E-state index < -0.39 is 50.6 Å². The molecular weight excluding hydrogens is 669 g/mol. The number of fused-ring (bicyclic) bond motifs is 2. The number of nitro benzene ring substituents is 1. The molecule has 0 bridgehead atoms. The molecule has 14 heteroatoms. The molecule has 0 radical (unpaired) electrons. The minimum absolute atomic E-state index is 0.138. The quantitative estimate of drug-likeness (QED) is 0.105. The normalized spacial score (nSPS) is 18.5. The molecule has 2 aliphatic heterocycles. The first kappa shape index (κ1) is 33.8. The Balaban J connectivity index is 1.35. The summed E-state index contributed by atoms with van der Waals surface area (Å²) < 4.78 is 6.32. The van der Waals surface area contributed by atoms with Crippen LogP contribution < -0.4 is 15.1 Å². The van der Waals surface area contributed by atoms with Gasteiger partial charge in [0.15, 0.2) is 0 Å². The molecule has 2 aliphatic rings. The van der Waals surface area contributed by atoms with E-state index in [0.29, 0.717) is 21.2 Å². The molecule has 3 atom stereocenters. The Morgan fingerprint density at radius 3 is 2.18 bits per heavy atom. The van der Waals surface area contributed by atoms with Gasteiger partial charge in [0.05, 0.1) is 33.7 Å². The van der Waals surface area contributed by atoms with Gasteiger partial charge < -0.3 is 10.1 Å². The molecule has 3 heterocycles. The number of nitrogens with one attached hydrogen (secondary N) is 1. The van der Waals surface area contributed by atoms with Gasteiger partial charge in [-0.05, 0) is 59.9 Å². The fraction of sp³-hybridized carbons (Fsp3) is 0.286. The predicted molar refractivity (Wildman–Crippen MR) is 185 cm³/mol. The highest BCUT2D eigenvalue weighted by Crippen LogP contribution is 2.54. The van der Waals surface area contributed by atoms with Crippen LogP contribution in [0.1, 0.15) is 60.0 Å². The minimum atomic E-state index is -0.916. The third kappa shape index (κ3) is 6.41. The molecule has 0 aliphatic carbocycles. The van der Waals surface area contributed by atoms with Crippen molar-refractivity contribution in [1.29, 1.82) is 0 Å². The summed E-state index contributed by atoms with van der Waals surface area (Å²) in [6.45, 7) is 7.84. The number of ether oxygens (including phenoxy) is 1. The summed E-state index contributed by atoms with van der Waals surface area (Å²) in [5.41, 5.74) is 2.45. The van der Waals surface area contributed by atoms with Gasteiger partial charge in [0.25, 0.3) is 5.69 Å². The monoisotopic (exact) mass is 700 g/mol. The number of esters is 1. The van der Waals surface area contributed by atoms with E-state index in [0.717, 1.165) is 39.1 Å². The van der Waals surface area contributed by atoms with E-state index >= 15 is 0 Å². The Bertz CT molecular complexity index is 2030.